The zero-order chi connectivity index (χ0) is 16.2. The van der Waals surface area contributed by atoms with Crippen LogP contribution in [0.25, 0.3) is 0 Å². The molecule has 1 aromatic carbocycles. The molecule has 5 nitrogen and oxygen atoms in total. The zero-order valence-corrected chi connectivity index (χ0v) is 13.7. The molecule has 1 aromatic heterocycles. The summed E-state index contributed by atoms with van der Waals surface area (Å²) >= 11 is 6.05. The van der Waals surface area contributed by atoms with Gasteiger partial charge in [0, 0.05) is 25.5 Å². The third-order valence-corrected chi connectivity index (χ3v) is 4.27. The summed E-state index contributed by atoms with van der Waals surface area (Å²) in [5.74, 6) is 0.450. The molecule has 23 heavy (non-hydrogen) atoms. The molecule has 0 unspecified atom stereocenters. The number of morpholine rings is 1. The SMILES string of the molecule is Cn1cccc1[C@H]1COCCN1C(=O)COc1ccccc1Cl. The summed E-state index contributed by atoms with van der Waals surface area (Å²) in [5, 5.41) is 0.501. The van der Waals surface area contributed by atoms with Crippen molar-refractivity contribution in [3.8, 4) is 5.75 Å². The number of carbonyl (C=O) groups is 1. The van der Waals surface area contributed by atoms with Crippen LogP contribution in [0.2, 0.25) is 5.02 Å². The third kappa shape index (κ3) is 3.51. The van der Waals surface area contributed by atoms with Gasteiger partial charge in [0.2, 0.25) is 0 Å². The van der Waals surface area contributed by atoms with Gasteiger partial charge in [-0.3, -0.25) is 4.79 Å². The fourth-order valence-electron chi connectivity index (χ4n) is 2.75. The third-order valence-electron chi connectivity index (χ3n) is 3.96. The molecular weight excluding hydrogens is 316 g/mol. The minimum atomic E-state index is -0.0916. The highest BCUT2D eigenvalue weighted by atomic mass is 35.5. The number of hydrogen-bond donors (Lipinski definition) is 0. The highest BCUT2D eigenvalue weighted by Gasteiger charge is 2.30. The Morgan fingerprint density at radius 2 is 2.17 bits per heavy atom. The quantitative estimate of drug-likeness (QED) is 0.863. The van der Waals surface area contributed by atoms with Gasteiger partial charge in [0.1, 0.15) is 5.75 Å². The van der Waals surface area contributed by atoms with Gasteiger partial charge in [0.15, 0.2) is 6.61 Å². The summed E-state index contributed by atoms with van der Waals surface area (Å²) in [6, 6.07) is 11.0. The minimum Gasteiger partial charge on any atom is -0.482 e. The molecule has 1 atom stereocenters. The molecule has 122 valence electrons. The van der Waals surface area contributed by atoms with E-state index in [1.54, 1.807) is 12.1 Å². The summed E-state index contributed by atoms with van der Waals surface area (Å²) in [4.78, 5) is 14.4. The fraction of sp³-hybridized carbons (Fsp3) is 0.353. The fourth-order valence-corrected chi connectivity index (χ4v) is 2.94. The molecule has 0 aliphatic carbocycles. The number of amides is 1. The van der Waals surface area contributed by atoms with E-state index in [2.05, 4.69) is 0 Å². The van der Waals surface area contributed by atoms with Crippen molar-refractivity contribution in [1.29, 1.82) is 0 Å². The molecule has 1 aliphatic heterocycles. The number of nitrogens with zero attached hydrogens (tertiary/aromatic N) is 2. The average Bonchev–Trinajstić information content (AvgIpc) is 3.00. The summed E-state index contributed by atoms with van der Waals surface area (Å²) in [6.45, 7) is 1.56. The van der Waals surface area contributed by atoms with Gasteiger partial charge in [0.25, 0.3) is 5.91 Å². The lowest BCUT2D eigenvalue weighted by atomic mass is 10.1. The summed E-state index contributed by atoms with van der Waals surface area (Å²) < 4.78 is 13.1. The van der Waals surface area contributed by atoms with Crippen molar-refractivity contribution in [2.45, 2.75) is 6.04 Å². The van der Waals surface area contributed by atoms with E-state index in [4.69, 9.17) is 21.1 Å². The van der Waals surface area contributed by atoms with E-state index >= 15 is 0 Å². The van der Waals surface area contributed by atoms with Gasteiger partial charge in [-0.05, 0) is 24.3 Å². The van der Waals surface area contributed by atoms with Crippen LogP contribution < -0.4 is 4.74 Å². The molecule has 1 saturated heterocycles. The highest BCUT2D eigenvalue weighted by Crippen LogP contribution is 2.26. The number of hydrogen-bond acceptors (Lipinski definition) is 3. The van der Waals surface area contributed by atoms with Gasteiger partial charge in [-0.2, -0.15) is 0 Å². The highest BCUT2D eigenvalue weighted by molar-refractivity contribution is 6.32. The molecule has 1 fully saturated rings. The number of aryl methyl sites for hydroxylation is 1. The predicted molar refractivity (Wildman–Crippen MR) is 87.6 cm³/mol. The lowest BCUT2D eigenvalue weighted by Gasteiger charge is -2.35. The van der Waals surface area contributed by atoms with Crippen LogP contribution in [-0.2, 0) is 16.6 Å². The van der Waals surface area contributed by atoms with Crippen LogP contribution in [0.4, 0.5) is 0 Å². The predicted octanol–water partition coefficient (Wildman–Crippen LogP) is 2.66. The van der Waals surface area contributed by atoms with Crippen molar-refractivity contribution in [2.75, 3.05) is 26.4 Å². The second-order valence-electron chi connectivity index (χ2n) is 5.44. The molecule has 1 amide bonds. The van der Waals surface area contributed by atoms with E-state index in [1.807, 2.05) is 47.0 Å². The van der Waals surface area contributed by atoms with Crippen molar-refractivity contribution in [3.05, 3.63) is 53.3 Å². The zero-order valence-electron chi connectivity index (χ0n) is 12.9. The molecule has 0 saturated carbocycles. The molecule has 3 rings (SSSR count). The van der Waals surface area contributed by atoms with E-state index in [1.165, 1.54) is 0 Å². The largest absolute Gasteiger partial charge is 0.482 e. The van der Waals surface area contributed by atoms with Crippen LogP contribution in [-0.4, -0.2) is 41.7 Å². The van der Waals surface area contributed by atoms with Crippen LogP contribution >= 0.6 is 11.6 Å². The maximum atomic E-state index is 12.6. The first kappa shape index (κ1) is 15.9. The van der Waals surface area contributed by atoms with Crippen molar-refractivity contribution < 1.29 is 14.3 Å². The van der Waals surface area contributed by atoms with Crippen LogP contribution in [0.5, 0.6) is 5.75 Å². The maximum absolute atomic E-state index is 12.6. The number of rotatable bonds is 4. The molecule has 2 aromatic rings. The minimum absolute atomic E-state index is 0.0370. The first-order valence-corrected chi connectivity index (χ1v) is 7.90. The van der Waals surface area contributed by atoms with Crippen molar-refractivity contribution >= 4 is 17.5 Å². The van der Waals surface area contributed by atoms with E-state index in [0.29, 0.717) is 30.5 Å². The van der Waals surface area contributed by atoms with Crippen LogP contribution in [0, 0.1) is 0 Å². The van der Waals surface area contributed by atoms with Crippen molar-refractivity contribution in [1.82, 2.24) is 9.47 Å². The van der Waals surface area contributed by atoms with Gasteiger partial charge >= 0.3 is 0 Å². The second-order valence-corrected chi connectivity index (χ2v) is 5.85. The number of aromatic nitrogens is 1. The molecule has 2 heterocycles. The lowest BCUT2D eigenvalue weighted by molar-refractivity contribution is -0.142. The number of ether oxygens (including phenoxy) is 2. The molecule has 1 aliphatic rings. The second kappa shape index (κ2) is 7.06. The number of halogens is 1. The standard InChI is InChI=1S/C17H19ClN2O3/c1-19-8-4-6-14(19)15-11-22-10-9-20(15)17(21)12-23-16-7-3-2-5-13(16)18/h2-8,15H,9-12H2,1H3/t15-/m1/s1. The first-order valence-electron chi connectivity index (χ1n) is 7.52. The summed E-state index contributed by atoms with van der Waals surface area (Å²) in [5.41, 5.74) is 1.05. The molecular formula is C17H19ClN2O3. The molecule has 0 spiro atoms. The number of para-hydroxylation sites is 1. The summed E-state index contributed by atoms with van der Waals surface area (Å²) in [6.07, 6.45) is 1.97. The smallest absolute Gasteiger partial charge is 0.261 e. The van der Waals surface area contributed by atoms with E-state index in [0.717, 1.165) is 5.69 Å². The molecule has 6 heteroatoms. The monoisotopic (exact) mass is 334 g/mol. The van der Waals surface area contributed by atoms with Gasteiger partial charge in [-0.1, -0.05) is 23.7 Å². The van der Waals surface area contributed by atoms with E-state index in [-0.39, 0.29) is 18.6 Å². The van der Waals surface area contributed by atoms with Crippen LogP contribution in [0.1, 0.15) is 11.7 Å². The van der Waals surface area contributed by atoms with E-state index < -0.39 is 0 Å². The Morgan fingerprint density at radius 1 is 1.35 bits per heavy atom. The van der Waals surface area contributed by atoms with Gasteiger partial charge < -0.3 is 18.9 Å². The van der Waals surface area contributed by atoms with Gasteiger partial charge in [-0.25, -0.2) is 0 Å². The first-order chi connectivity index (χ1) is 11.2. The van der Waals surface area contributed by atoms with Crippen molar-refractivity contribution in [3.63, 3.8) is 0 Å². The Morgan fingerprint density at radius 3 is 2.91 bits per heavy atom. The number of benzene rings is 1. The average molecular weight is 335 g/mol. The van der Waals surface area contributed by atoms with E-state index in [9.17, 15) is 4.79 Å². The molecule has 0 bridgehead atoms. The number of carbonyl (C=O) groups excluding carboxylic acids is 1. The van der Waals surface area contributed by atoms with Crippen LogP contribution in [0.15, 0.2) is 42.6 Å². The Labute approximate surface area is 140 Å². The Hall–Kier alpha value is -1.98. The molecule has 0 N–H and O–H groups in total. The van der Waals surface area contributed by atoms with Crippen molar-refractivity contribution in [2.24, 2.45) is 7.05 Å². The Balaban J connectivity index is 1.69. The Bertz CT molecular complexity index is 686. The molecule has 0 radical (unpaired) electrons. The van der Waals surface area contributed by atoms with Crippen LogP contribution in [0.3, 0.4) is 0 Å². The summed E-state index contributed by atoms with van der Waals surface area (Å²) in [7, 11) is 1.97. The lowest BCUT2D eigenvalue weighted by Crippen LogP contribution is -2.45. The topological polar surface area (TPSA) is 43.7 Å². The maximum Gasteiger partial charge on any atom is 0.261 e. The Kier molecular flexibility index (Phi) is 4.88. The van der Waals surface area contributed by atoms with Gasteiger partial charge in [-0.15, -0.1) is 0 Å². The normalized spacial score (nSPS) is 18.0. The van der Waals surface area contributed by atoms with Gasteiger partial charge in [0.05, 0.1) is 24.3 Å².